The molecule has 0 fully saturated rings. The highest BCUT2D eigenvalue weighted by molar-refractivity contribution is 5.82. The first-order valence-corrected chi connectivity index (χ1v) is 10.6. The highest BCUT2D eigenvalue weighted by atomic mass is 16.5. The molecule has 172 valence electrons. The van der Waals surface area contributed by atoms with Gasteiger partial charge in [-0.1, -0.05) is 0 Å². The lowest BCUT2D eigenvalue weighted by Crippen LogP contribution is -2.22. The largest absolute Gasteiger partial charge is 0.497 e. The molecule has 0 bridgehead atoms. The van der Waals surface area contributed by atoms with Crippen molar-refractivity contribution in [3.05, 3.63) is 71.9 Å². The topological polar surface area (TPSA) is 58.0 Å². The van der Waals surface area contributed by atoms with Crippen molar-refractivity contribution in [2.24, 2.45) is 7.05 Å². The predicted molar refractivity (Wildman–Crippen MR) is 130 cm³/mol. The molecule has 3 aromatic carbocycles. The molecule has 0 aliphatic rings. The molecular weight excluding hydrogens is 418 g/mol. The lowest BCUT2D eigenvalue weighted by molar-refractivity contribution is 0.393. The zero-order chi connectivity index (χ0) is 23.4. The predicted octanol–water partition coefficient (Wildman–Crippen LogP) is 4.81. The Balaban J connectivity index is 1.75. The van der Waals surface area contributed by atoms with Gasteiger partial charge in [-0.25, -0.2) is 0 Å². The molecule has 4 aromatic rings. The normalized spacial score (nSPS) is 10.8. The van der Waals surface area contributed by atoms with E-state index < -0.39 is 0 Å². The Labute approximate surface area is 194 Å². The first kappa shape index (κ1) is 22.3. The van der Waals surface area contributed by atoms with Crippen LogP contribution in [0.15, 0.2) is 60.8 Å². The van der Waals surface area contributed by atoms with Crippen LogP contribution in [0, 0.1) is 0 Å². The van der Waals surface area contributed by atoms with Crippen molar-refractivity contribution in [1.29, 1.82) is 0 Å². The first-order valence-electron chi connectivity index (χ1n) is 10.6. The van der Waals surface area contributed by atoms with Crippen molar-refractivity contribution in [3.63, 3.8) is 0 Å². The Morgan fingerprint density at radius 3 is 1.64 bits per heavy atom. The molecule has 7 heteroatoms. The summed E-state index contributed by atoms with van der Waals surface area (Å²) in [6.45, 7) is 1.30. The number of hydrogen-bond donors (Lipinski definition) is 0. The van der Waals surface area contributed by atoms with Crippen molar-refractivity contribution in [3.8, 4) is 23.0 Å². The first-order chi connectivity index (χ1) is 16.0. The van der Waals surface area contributed by atoms with Crippen molar-refractivity contribution in [2.75, 3.05) is 33.3 Å². The summed E-state index contributed by atoms with van der Waals surface area (Å²) in [5.41, 5.74) is 4.32. The van der Waals surface area contributed by atoms with Gasteiger partial charge in [-0.15, -0.1) is 0 Å². The molecule has 0 atom stereocenters. The molecule has 0 aliphatic heterocycles. The molecule has 1 heterocycles. The molecule has 0 unspecified atom stereocenters. The number of hydrogen-bond acceptors (Lipinski definition) is 6. The van der Waals surface area contributed by atoms with E-state index in [1.54, 1.807) is 28.4 Å². The van der Waals surface area contributed by atoms with Crippen LogP contribution in [0.25, 0.3) is 10.9 Å². The minimum absolute atomic E-state index is 0.652. The minimum atomic E-state index is 0.652. The van der Waals surface area contributed by atoms with Crippen LogP contribution in [-0.4, -0.2) is 38.2 Å². The maximum atomic E-state index is 5.48. The van der Waals surface area contributed by atoms with Gasteiger partial charge in [0.05, 0.1) is 40.2 Å². The highest BCUT2D eigenvalue weighted by Gasteiger charge is 2.14. The maximum absolute atomic E-state index is 5.48. The van der Waals surface area contributed by atoms with E-state index in [0.29, 0.717) is 13.1 Å². The van der Waals surface area contributed by atoms with Crippen LogP contribution in [0.4, 0.5) is 5.69 Å². The SMILES string of the molecule is COc1cc(CN(Cc2cc(OC)cc(OC)c2)c2ccc3c(cnn3C)c2)cc(OC)c1. The molecule has 0 radical (unpaired) electrons. The summed E-state index contributed by atoms with van der Waals surface area (Å²) in [4.78, 5) is 2.30. The molecule has 1 aromatic heterocycles. The molecule has 0 spiro atoms. The van der Waals surface area contributed by atoms with Gasteiger partial charge in [0.15, 0.2) is 0 Å². The molecule has 0 amide bonds. The average Bonchev–Trinajstić information content (AvgIpc) is 3.22. The third-order valence-corrected chi connectivity index (χ3v) is 5.66. The van der Waals surface area contributed by atoms with Gasteiger partial charge >= 0.3 is 0 Å². The summed E-state index contributed by atoms with van der Waals surface area (Å²) >= 11 is 0. The number of nitrogens with zero attached hydrogens (tertiary/aromatic N) is 3. The Kier molecular flexibility index (Phi) is 6.58. The Morgan fingerprint density at radius 2 is 1.18 bits per heavy atom. The summed E-state index contributed by atoms with van der Waals surface area (Å²) in [5.74, 6) is 3.04. The van der Waals surface area contributed by atoms with Crippen LogP contribution < -0.4 is 23.8 Å². The second kappa shape index (κ2) is 9.73. The Hall–Kier alpha value is -3.87. The zero-order valence-electron chi connectivity index (χ0n) is 19.7. The fourth-order valence-electron chi connectivity index (χ4n) is 3.94. The van der Waals surface area contributed by atoms with Gasteiger partial charge in [-0.2, -0.15) is 5.10 Å². The number of rotatable bonds is 9. The quantitative estimate of drug-likeness (QED) is 0.367. The Bertz CT molecular complexity index is 1150. The second-order valence-corrected chi connectivity index (χ2v) is 7.81. The minimum Gasteiger partial charge on any atom is -0.497 e. The van der Waals surface area contributed by atoms with Crippen LogP contribution in [0.3, 0.4) is 0 Å². The molecular formula is C26H29N3O4. The van der Waals surface area contributed by atoms with E-state index in [1.807, 2.05) is 54.3 Å². The van der Waals surface area contributed by atoms with Crippen molar-refractivity contribution in [2.45, 2.75) is 13.1 Å². The molecule has 0 saturated carbocycles. The number of fused-ring (bicyclic) bond motifs is 1. The summed E-state index contributed by atoms with van der Waals surface area (Å²) in [7, 11) is 8.60. The number of ether oxygens (including phenoxy) is 4. The number of aromatic nitrogens is 2. The lowest BCUT2D eigenvalue weighted by atomic mass is 10.1. The van der Waals surface area contributed by atoms with E-state index in [-0.39, 0.29) is 0 Å². The van der Waals surface area contributed by atoms with Crippen molar-refractivity contribution < 1.29 is 18.9 Å². The number of aryl methyl sites for hydroxylation is 1. The summed E-state index contributed by atoms with van der Waals surface area (Å²) in [6, 6.07) is 18.3. The summed E-state index contributed by atoms with van der Waals surface area (Å²) < 4.78 is 23.8. The summed E-state index contributed by atoms with van der Waals surface area (Å²) in [6.07, 6.45) is 1.89. The Morgan fingerprint density at radius 1 is 0.697 bits per heavy atom. The molecule has 0 aliphatic carbocycles. The van der Waals surface area contributed by atoms with Gasteiger partial charge < -0.3 is 23.8 Å². The maximum Gasteiger partial charge on any atom is 0.122 e. The van der Waals surface area contributed by atoms with E-state index in [2.05, 4.69) is 28.2 Å². The fraction of sp³-hybridized carbons (Fsp3) is 0.269. The second-order valence-electron chi connectivity index (χ2n) is 7.81. The van der Waals surface area contributed by atoms with Crippen LogP contribution >= 0.6 is 0 Å². The average molecular weight is 448 g/mol. The van der Waals surface area contributed by atoms with Crippen LogP contribution in [0.1, 0.15) is 11.1 Å². The van der Waals surface area contributed by atoms with Crippen LogP contribution in [0.5, 0.6) is 23.0 Å². The molecule has 0 N–H and O–H groups in total. The monoisotopic (exact) mass is 447 g/mol. The molecule has 7 nitrogen and oxygen atoms in total. The fourth-order valence-corrected chi connectivity index (χ4v) is 3.94. The summed E-state index contributed by atoms with van der Waals surface area (Å²) in [5, 5.41) is 5.48. The van der Waals surface area contributed by atoms with Gasteiger partial charge in [-0.05, 0) is 53.6 Å². The third-order valence-electron chi connectivity index (χ3n) is 5.66. The van der Waals surface area contributed by atoms with Crippen LogP contribution in [0.2, 0.25) is 0 Å². The van der Waals surface area contributed by atoms with Gasteiger partial charge in [0.1, 0.15) is 23.0 Å². The number of benzene rings is 3. The van der Waals surface area contributed by atoms with E-state index in [4.69, 9.17) is 18.9 Å². The smallest absolute Gasteiger partial charge is 0.122 e. The van der Waals surface area contributed by atoms with Crippen molar-refractivity contribution in [1.82, 2.24) is 9.78 Å². The van der Waals surface area contributed by atoms with Gasteiger partial charge in [0.2, 0.25) is 0 Å². The molecule has 0 saturated heterocycles. The molecule has 33 heavy (non-hydrogen) atoms. The van der Waals surface area contributed by atoms with Crippen molar-refractivity contribution >= 4 is 16.6 Å². The van der Waals surface area contributed by atoms with E-state index in [9.17, 15) is 0 Å². The highest BCUT2D eigenvalue weighted by Crippen LogP contribution is 2.30. The van der Waals surface area contributed by atoms with Gasteiger partial charge in [0, 0.05) is 43.3 Å². The van der Waals surface area contributed by atoms with Gasteiger partial charge in [0.25, 0.3) is 0 Å². The van der Waals surface area contributed by atoms with E-state index in [0.717, 1.165) is 50.7 Å². The zero-order valence-corrected chi connectivity index (χ0v) is 19.7. The number of methoxy groups -OCH3 is 4. The molecule has 4 rings (SSSR count). The van der Waals surface area contributed by atoms with Gasteiger partial charge in [-0.3, -0.25) is 4.68 Å². The standard InChI is InChI=1S/C26H29N3O4/c1-28-26-7-6-21(12-20(26)15-27-28)29(16-18-8-22(30-2)13-23(9-18)31-3)17-19-10-24(32-4)14-25(11-19)33-5/h6-15H,16-17H2,1-5H3. The van der Waals surface area contributed by atoms with E-state index >= 15 is 0 Å². The lowest BCUT2D eigenvalue weighted by Gasteiger charge is -2.26. The number of anilines is 1. The van der Waals surface area contributed by atoms with E-state index in [1.165, 1.54) is 0 Å². The third kappa shape index (κ3) is 4.98. The van der Waals surface area contributed by atoms with Crippen LogP contribution in [-0.2, 0) is 20.1 Å².